The Morgan fingerprint density at radius 1 is 0.800 bits per heavy atom. The summed E-state index contributed by atoms with van der Waals surface area (Å²) in [5.74, 6) is 3.38. The highest BCUT2D eigenvalue weighted by Crippen LogP contribution is 2.47. The van der Waals surface area contributed by atoms with Crippen molar-refractivity contribution in [2.24, 2.45) is 11.8 Å². The van der Waals surface area contributed by atoms with Gasteiger partial charge in [-0.1, -0.05) is 44.2 Å². The lowest BCUT2D eigenvalue weighted by Gasteiger charge is -2.54. The summed E-state index contributed by atoms with van der Waals surface area (Å²) in [5.41, 5.74) is 2.42. The molecule has 3 saturated heterocycles. The summed E-state index contributed by atoms with van der Waals surface area (Å²) in [4.78, 5) is 20.1. The van der Waals surface area contributed by atoms with Gasteiger partial charge < -0.3 is 9.88 Å². The summed E-state index contributed by atoms with van der Waals surface area (Å²) in [7, 11) is 0. The summed E-state index contributed by atoms with van der Waals surface area (Å²) in [6.45, 7) is 0. The van der Waals surface area contributed by atoms with Gasteiger partial charge in [-0.05, 0) is 75.3 Å². The number of para-hydroxylation sites is 2. The average molecular weight is 475 g/mol. The number of hydrogen-bond donors (Lipinski definition) is 1. The maximum Gasteiger partial charge on any atom is 0.220 e. The molecule has 1 N–H and O–H groups in total. The molecule has 5 fully saturated rings. The molecule has 4 heterocycles. The van der Waals surface area contributed by atoms with Crippen LogP contribution in [-0.4, -0.2) is 44.5 Å². The molecule has 35 heavy (non-hydrogen) atoms. The first-order chi connectivity index (χ1) is 17.2. The average Bonchev–Trinajstić information content (AvgIpc) is 3.38. The maximum absolute atomic E-state index is 11.9. The Morgan fingerprint density at radius 3 is 2.26 bits per heavy atom. The van der Waals surface area contributed by atoms with Crippen molar-refractivity contribution in [1.82, 2.24) is 19.8 Å². The van der Waals surface area contributed by atoms with Crippen LogP contribution in [0.3, 0.4) is 0 Å². The molecule has 5 nitrogen and oxygen atoms in total. The molecule has 1 amide bonds. The molecule has 2 saturated carbocycles. The smallest absolute Gasteiger partial charge is 0.220 e. The lowest BCUT2D eigenvalue weighted by atomic mass is 9.73. The van der Waals surface area contributed by atoms with Gasteiger partial charge in [-0.2, -0.15) is 0 Å². The molecule has 1 aromatic heterocycles. The second-order valence-corrected chi connectivity index (χ2v) is 12.6. The Hall–Kier alpha value is -1.88. The van der Waals surface area contributed by atoms with Crippen LogP contribution in [0.15, 0.2) is 24.3 Å². The van der Waals surface area contributed by atoms with Gasteiger partial charge in [0.1, 0.15) is 5.82 Å². The summed E-state index contributed by atoms with van der Waals surface area (Å²) < 4.78 is 2.61. The summed E-state index contributed by atoms with van der Waals surface area (Å²) in [6.07, 6.45) is 19.5. The van der Waals surface area contributed by atoms with Gasteiger partial charge in [-0.3, -0.25) is 9.69 Å². The largest absolute Gasteiger partial charge is 0.353 e. The number of hydrogen-bond acceptors (Lipinski definition) is 3. The van der Waals surface area contributed by atoms with Gasteiger partial charge in [0, 0.05) is 43.1 Å². The summed E-state index contributed by atoms with van der Waals surface area (Å²) in [5, 5.41) is 3.19. The standard InChI is InChI=1S/C30H42N4O/c35-30-13-12-22(31-30)17-29-32-27-10-3-4-11-28(27)34(29)26-18-23-8-5-9-24(19-26)33(23)25-15-20-6-1-2-7-21(14-20)16-25/h3-4,10-11,20-26H,1-2,5-9,12-19H2,(H,31,35)/t20-,21+,22?,23-,24+,25?,26?. The first-order valence-corrected chi connectivity index (χ1v) is 14.7. The Kier molecular flexibility index (Phi) is 5.87. The minimum atomic E-state index is 0.202. The minimum Gasteiger partial charge on any atom is -0.353 e. The number of carbonyl (C=O) groups excluding carboxylic acids is 1. The number of fused-ring (bicyclic) bond motifs is 5. The molecule has 4 bridgehead atoms. The van der Waals surface area contributed by atoms with Gasteiger partial charge >= 0.3 is 0 Å². The highest BCUT2D eigenvalue weighted by atomic mass is 16.1. The summed E-state index contributed by atoms with van der Waals surface area (Å²) >= 11 is 0. The number of amides is 1. The van der Waals surface area contributed by atoms with Crippen LogP contribution >= 0.6 is 0 Å². The third kappa shape index (κ3) is 4.22. The molecule has 1 aromatic carbocycles. The van der Waals surface area contributed by atoms with E-state index < -0.39 is 0 Å². The van der Waals surface area contributed by atoms with Crippen molar-refractivity contribution in [3.63, 3.8) is 0 Å². The normalized spacial score (nSPS) is 37.8. The van der Waals surface area contributed by atoms with E-state index >= 15 is 0 Å². The topological polar surface area (TPSA) is 50.2 Å². The zero-order valence-corrected chi connectivity index (χ0v) is 21.2. The lowest BCUT2D eigenvalue weighted by molar-refractivity contribution is -0.119. The van der Waals surface area contributed by atoms with Crippen molar-refractivity contribution >= 4 is 16.9 Å². The third-order valence-electron chi connectivity index (χ3n) is 10.3. The van der Waals surface area contributed by atoms with Gasteiger partial charge in [-0.25, -0.2) is 4.98 Å². The van der Waals surface area contributed by atoms with Crippen LogP contribution in [0, 0.1) is 11.8 Å². The van der Waals surface area contributed by atoms with E-state index in [9.17, 15) is 4.79 Å². The first kappa shape index (κ1) is 22.3. The van der Waals surface area contributed by atoms with E-state index in [4.69, 9.17) is 4.98 Å². The molecular weight excluding hydrogens is 432 g/mol. The predicted octanol–water partition coefficient (Wildman–Crippen LogP) is 5.77. The third-order valence-corrected chi connectivity index (χ3v) is 10.3. The molecule has 7 atom stereocenters. The molecule has 3 unspecified atom stereocenters. The van der Waals surface area contributed by atoms with Crippen LogP contribution in [0.25, 0.3) is 11.0 Å². The van der Waals surface area contributed by atoms with Crippen LogP contribution in [0.2, 0.25) is 0 Å². The maximum atomic E-state index is 11.9. The quantitative estimate of drug-likeness (QED) is 0.612. The van der Waals surface area contributed by atoms with Gasteiger partial charge in [-0.15, -0.1) is 0 Å². The van der Waals surface area contributed by atoms with Crippen LogP contribution in [0.4, 0.5) is 0 Å². The fourth-order valence-electron chi connectivity index (χ4n) is 9.00. The van der Waals surface area contributed by atoms with Crippen molar-refractivity contribution in [2.75, 3.05) is 0 Å². The van der Waals surface area contributed by atoms with Crippen molar-refractivity contribution < 1.29 is 4.79 Å². The lowest BCUT2D eigenvalue weighted by Crippen LogP contribution is -2.58. The number of aromatic nitrogens is 2. The van der Waals surface area contributed by atoms with Crippen molar-refractivity contribution in [1.29, 1.82) is 0 Å². The molecule has 5 aliphatic rings. The van der Waals surface area contributed by atoms with Crippen molar-refractivity contribution in [3.8, 4) is 0 Å². The van der Waals surface area contributed by atoms with E-state index in [0.29, 0.717) is 12.5 Å². The number of nitrogens with one attached hydrogen (secondary N) is 1. The van der Waals surface area contributed by atoms with E-state index in [-0.39, 0.29) is 11.9 Å². The monoisotopic (exact) mass is 474 g/mol. The first-order valence-electron chi connectivity index (χ1n) is 14.7. The fraction of sp³-hybridized carbons (Fsp3) is 0.733. The number of carbonyl (C=O) groups is 1. The number of nitrogens with zero attached hydrogens (tertiary/aromatic N) is 3. The van der Waals surface area contributed by atoms with E-state index in [2.05, 4.69) is 39.0 Å². The van der Waals surface area contributed by atoms with E-state index in [0.717, 1.165) is 48.3 Å². The SMILES string of the molecule is O=C1CCC(Cc2nc3ccccc3n2C2C[C@H]3CCC[C@@H](C2)N3C2C[C@H]3CCCC[C@@H](C2)C3)N1. The zero-order chi connectivity index (χ0) is 23.4. The van der Waals surface area contributed by atoms with Gasteiger partial charge in [0.2, 0.25) is 5.91 Å². The predicted molar refractivity (Wildman–Crippen MR) is 139 cm³/mol. The Bertz CT molecular complexity index is 1050. The van der Waals surface area contributed by atoms with Gasteiger partial charge in [0.25, 0.3) is 0 Å². The highest BCUT2D eigenvalue weighted by molar-refractivity contribution is 5.79. The number of imidazole rings is 1. The van der Waals surface area contributed by atoms with Crippen LogP contribution in [0.5, 0.6) is 0 Å². The Morgan fingerprint density at radius 2 is 1.54 bits per heavy atom. The number of rotatable bonds is 4. The molecular formula is C30H42N4O. The molecule has 2 aromatic rings. The molecule has 5 heteroatoms. The van der Waals surface area contributed by atoms with E-state index in [1.54, 1.807) is 0 Å². The molecule has 3 aliphatic heterocycles. The number of piperidine rings is 2. The van der Waals surface area contributed by atoms with Gasteiger partial charge in [0.15, 0.2) is 0 Å². The van der Waals surface area contributed by atoms with Crippen LogP contribution < -0.4 is 5.32 Å². The van der Waals surface area contributed by atoms with Crippen molar-refractivity contribution in [3.05, 3.63) is 30.1 Å². The zero-order valence-electron chi connectivity index (χ0n) is 21.2. The van der Waals surface area contributed by atoms with E-state index in [1.165, 1.54) is 88.4 Å². The minimum absolute atomic E-state index is 0.202. The van der Waals surface area contributed by atoms with Crippen LogP contribution in [0.1, 0.15) is 102 Å². The number of benzene rings is 1. The molecule has 0 radical (unpaired) electrons. The van der Waals surface area contributed by atoms with Crippen molar-refractivity contribution in [2.45, 2.75) is 127 Å². The molecule has 2 aliphatic carbocycles. The molecule has 188 valence electrons. The summed E-state index contributed by atoms with van der Waals surface area (Å²) in [6, 6.07) is 11.8. The Balaban J connectivity index is 1.17. The van der Waals surface area contributed by atoms with E-state index in [1.807, 2.05) is 0 Å². The van der Waals surface area contributed by atoms with Gasteiger partial charge in [0.05, 0.1) is 11.0 Å². The highest BCUT2D eigenvalue weighted by Gasteiger charge is 2.45. The molecule has 0 spiro atoms. The second-order valence-electron chi connectivity index (χ2n) is 12.6. The Labute approximate surface area is 210 Å². The van der Waals surface area contributed by atoms with Crippen LogP contribution in [-0.2, 0) is 11.2 Å². The second kappa shape index (κ2) is 9.21. The molecule has 7 rings (SSSR count). The fourth-order valence-corrected chi connectivity index (χ4v) is 9.00.